The number of ether oxygens (including phenoxy) is 2. The SMILES string of the molecule is CO[C@H]1C[C@@H](C(N)=O)N(C(=O)COc2cc(C)ccc2F)C1. The van der Waals surface area contributed by atoms with E-state index in [1.54, 1.807) is 13.0 Å². The van der Waals surface area contributed by atoms with Crippen LogP contribution in [-0.4, -0.2) is 49.1 Å². The zero-order chi connectivity index (χ0) is 16.3. The summed E-state index contributed by atoms with van der Waals surface area (Å²) in [5, 5.41) is 0. The van der Waals surface area contributed by atoms with Gasteiger partial charge in [0.2, 0.25) is 5.91 Å². The first-order chi connectivity index (χ1) is 10.4. The topological polar surface area (TPSA) is 81.9 Å². The molecule has 0 radical (unpaired) electrons. The molecule has 120 valence electrons. The van der Waals surface area contributed by atoms with Crippen LogP contribution in [0.25, 0.3) is 0 Å². The van der Waals surface area contributed by atoms with Gasteiger partial charge in [0.1, 0.15) is 6.04 Å². The van der Waals surface area contributed by atoms with Crippen LogP contribution in [0.4, 0.5) is 4.39 Å². The summed E-state index contributed by atoms with van der Waals surface area (Å²) < 4.78 is 24.0. The summed E-state index contributed by atoms with van der Waals surface area (Å²) in [7, 11) is 1.51. The highest BCUT2D eigenvalue weighted by atomic mass is 19.1. The van der Waals surface area contributed by atoms with Crippen molar-refractivity contribution in [3.05, 3.63) is 29.6 Å². The number of aryl methyl sites for hydroxylation is 1. The van der Waals surface area contributed by atoms with E-state index in [-0.39, 0.29) is 25.0 Å². The minimum Gasteiger partial charge on any atom is -0.481 e. The standard InChI is InChI=1S/C15H19FN2O4/c1-9-3-4-11(16)13(5-9)22-8-14(19)18-7-10(21-2)6-12(18)15(17)20/h3-5,10,12H,6-8H2,1-2H3,(H2,17,20)/t10-,12-/m0/s1. The molecule has 1 aromatic rings. The monoisotopic (exact) mass is 310 g/mol. The van der Waals surface area contributed by atoms with Gasteiger partial charge >= 0.3 is 0 Å². The average Bonchev–Trinajstić information content (AvgIpc) is 2.92. The van der Waals surface area contributed by atoms with E-state index in [1.165, 1.54) is 24.1 Å². The number of halogens is 1. The van der Waals surface area contributed by atoms with Gasteiger partial charge in [-0.3, -0.25) is 9.59 Å². The number of rotatable bonds is 5. The zero-order valence-corrected chi connectivity index (χ0v) is 12.5. The molecule has 0 aromatic heterocycles. The van der Waals surface area contributed by atoms with Crippen LogP contribution in [0.15, 0.2) is 18.2 Å². The molecular weight excluding hydrogens is 291 g/mol. The van der Waals surface area contributed by atoms with Crippen LogP contribution in [0.3, 0.4) is 0 Å². The molecule has 1 aromatic carbocycles. The van der Waals surface area contributed by atoms with E-state index in [0.29, 0.717) is 6.42 Å². The molecule has 0 spiro atoms. The van der Waals surface area contributed by atoms with Crippen LogP contribution < -0.4 is 10.5 Å². The largest absolute Gasteiger partial charge is 0.481 e. The van der Waals surface area contributed by atoms with Gasteiger partial charge in [0.25, 0.3) is 5.91 Å². The van der Waals surface area contributed by atoms with Crippen LogP contribution in [0.5, 0.6) is 5.75 Å². The predicted octanol–water partition coefficient (Wildman–Crippen LogP) is 0.614. The van der Waals surface area contributed by atoms with Crippen molar-refractivity contribution in [3.63, 3.8) is 0 Å². The molecule has 6 nitrogen and oxygen atoms in total. The molecule has 2 rings (SSSR count). The minimum absolute atomic E-state index is 0.00598. The van der Waals surface area contributed by atoms with Crippen LogP contribution >= 0.6 is 0 Å². The van der Waals surface area contributed by atoms with Gasteiger partial charge in [0.05, 0.1) is 6.10 Å². The Morgan fingerprint density at radius 2 is 2.18 bits per heavy atom. The number of amides is 2. The van der Waals surface area contributed by atoms with Crippen molar-refractivity contribution >= 4 is 11.8 Å². The van der Waals surface area contributed by atoms with E-state index in [1.807, 2.05) is 0 Å². The van der Waals surface area contributed by atoms with Crippen molar-refractivity contribution in [1.82, 2.24) is 4.90 Å². The summed E-state index contributed by atoms with van der Waals surface area (Å²) in [6.07, 6.45) is 0.119. The number of carbonyl (C=O) groups is 2. The first-order valence-corrected chi connectivity index (χ1v) is 6.93. The fourth-order valence-electron chi connectivity index (χ4n) is 2.46. The van der Waals surface area contributed by atoms with Gasteiger partial charge in [0.15, 0.2) is 18.2 Å². The van der Waals surface area contributed by atoms with E-state index in [4.69, 9.17) is 15.2 Å². The third-order valence-corrected chi connectivity index (χ3v) is 3.68. The summed E-state index contributed by atoms with van der Waals surface area (Å²) in [5.74, 6) is -1.55. The Hall–Kier alpha value is -2.15. The lowest BCUT2D eigenvalue weighted by Crippen LogP contribution is -2.45. The molecule has 1 saturated heterocycles. The molecule has 0 bridgehead atoms. The van der Waals surface area contributed by atoms with Gasteiger partial charge in [-0.15, -0.1) is 0 Å². The minimum atomic E-state index is -0.719. The summed E-state index contributed by atoms with van der Waals surface area (Å²) in [6.45, 7) is 1.70. The fourth-order valence-corrected chi connectivity index (χ4v) is 2.46. The van der Waals surface area contributed by atoms with Crippen molar-refractivity contribution < 1.29 is 23.5 Å². The summed E-state index contributed by atoms with van der Waals surface area (Å²) >= 11 is 0. The lowest BCUT2D eigenvalue weighted by atomic mass is 10.2. The highest BCUT2D eigenvalue weighted by Crippen LogP contribution is 2.22. The van der Waals surface area contributed by atoms with Gasteiger partial charge in [-0.25, -0.2) is 4.39 Å². The van der Waals surface area contributed by atoms with E-state index in [9.17, 15) is 14.0 Å². The van der Waals surface area contributed by atoms with Crippen molar-refractivity contribution in [3.8, 4) is 5.75 Å². The second-order valence-corrected chi connectivity index (χ2v) is 5.28. The number of likely N-dealkylation sites (tertiary alicyclic amines) is 1. The quantitative estimate of drug-likeness (QED) is 0.864. The van der Waals surface area contributed by atoms with Gasteiger partial charge in [-0.1, -0.05) is 6.07 Å². The number of carbonyl (C=O) groups excluding carboxylic acids is 2. The second-order valence-electron chi connectivity index (χ2n) is 5.28. The Kier molecular flexibility index (Phi) is 4.97. The van der Waals surface area contributed by atoms with Crippen molar-refractivity contribution in [2.75, 3.05) is 20.3 Å². The molecule has 1 heterocycles. The van der Waals surface area contributed by atoms with Gasteiger partial charge in [-0.05, 0) is 24.6 Å². The molecule has 2 atom stereocenters. The molecule has 0 aliphatic carbocycles. The highest BCUT2D eigenvalue weighted by molar-refractivity contribution is 5.88. The van der Waals surface area contributed by atoms with Gasteiger partial charge < -0.3 is 20.1 Å². The summed E-state index contributed by atoms with van der Waals surface area (Å²) in [6, 6.07) is 3.67. The lowest BCUT2D eigenvalue weighted by Gasteiger charge is -2.22. The van der Waals surface area contributed by atoms with Gasteiger partial charge in [0, 0.05) is 20.1 Å². The smallest absolute Gasteiger partial charge is 0.261 e. The average molecular weight is 310 g/mol. The first kappa shape index (κ1) is 16.2. The number of nitrogens with zero attached hydrogens (tertiary/aromatic N) is 1. The molecule has 2 amide bonds. The number of hydrogen-bond acceptors (Lipinski definition) is 4. The first-order valence-electron chi connectivity index (χ1n) is 6.93. The third-order valence-electron chi connectivity index (χ3n) is 3.68. The van der Waals surface area contributed by atoms with Crippen molar-refractivity contribution in [2.24, 2.45) is 5.73 Å². The molecule has 1 aliphatic heterocycles. The van der Waals surface area contributed by atoms with E-state index in [0.717, 1.165) is 5.56 Å². The normalized spacial score (nSPS) is 21.0. The second kappa shape index (κ2) is 6.74. The van der Waals surface area contributed by atoms with Crippen molar-refractivity contribution in [1.29, 1.82) is 0 Å². The number of benzene rings is 1. The summed E-state index contributed by atoms with van der Waals surface area (Å²) in [5.41, 5.74) is 6.12. The number of methoxy groups -OCH3 is 1. The third kappa shape index (κ3) is 3.54. The molecule has 2 N–H and O–H groups in total. The Morgan fingerprint density at radius 3 is 2.82 bits per heavy atom. The molecule has 0 unspecified atom stereocenters. The van der Waals surface area contributed by atoms with Crippen LogP contribution in [0.2, 0.25) is 0 Å². The maximum absolute atomic E-state index is 13.6. The maximum Gasteiger partial charge on any atom is 0.261 e. The fraction of sp³-hybridized carbons (Fsp3) is 0.467. The Bertz CT molecular complexity index is 579. The molecule has 1 aliphatic rings. The Labute approximate surface area is 128 Å². The molecule has 22 heavy (non-hydrogen) atoms. The maximum atomic E-state index is 13.6. The molecule has 7 heteroatoms. The highest BCUT2D eigenvalue weighted by Gasteiger charge is 2.38. The van der Waals surface area contributed by atoms with Crippen LogP contribution in [0.1, 0.15) is 12.0 Å². The number of nitrogens with two attached hydrogens (primary N) is 1. The van der Waals surface area contributed by atoms with Gasteiger partial charge in [-0.2, -0.15) is 0 Å². The van der Waals surface area contributed by atoms with E-state index in [2.05, 4.69) is 0 Å². The number of hydrogen-bond donors (Lipinski definition) is 1. The molecular formula is C15H19FN2O4. The number of primary amides is 1. The van der Waals surface area contributed by atoms with Crippen LogP contribution in [0, 0.1) is 12.7 Å². The Balaban J connectivity index is 2.02. The zero-order valence-electron chi connectivity index (χ0n) is 12.5. The van der Waals surface area contributed by atoms with Crippen molar-refractivity contribution in [2.45, 2.75) is 25.5 Å². The Morgan fingerprint density at radius 1 is 1.45 bits per heavy atom. The van der Waals surface area contributed by atoms with Crippen LogP contribution in [-0.2, 0) is 14.3 Å². The van der Waals surface area contributed by atoms with E-state index < -0.39 is 23.7 Å². The molecule has 1 fully saturated rings. The lowest BCUT2D eigenvalue weighted by molar-refractivity contribution is -0.139. The summed E-state index contributed by atoms with van der Waals surface area (Å²) in [4.78, 5) is 25.0. The molecule has 0 saturated carbocycles. The van der Waals surface area contributed by atoms with E-state index >= 15 is 0 Å². The predicted molar refractivity (Wildman–Crippen MR) is 76.7 cm³/mol.